The summed E-state index contributed by atoms with van der Waals surface area (Å²) in [6.07, 6.45) is 0.630. The Hall–Kier alpha value is -0.0162. The molecule has 0 fully saturated rings. The molecular formula is C15H34O4Si2. The first-order chi connectivity index (χ1) is 9.30. The molecule has 6 heteroatoms. The third-order valence-corrected chi connectivity index (χ3v) is 9.65. The van der Waals surface area contributed by atoms with Crippen molar-refractivity contribution in [2.75, 3.05) is 13.2 Å². The lowest BCUT2D eigenvalue weighted by atomic mass is 10.0. The summed E-state index contributed by atoms with van der Waals surface area (Å²) in [6.45, 7) is 17.8. The molecule has 0 aromatic heterocycles. The summed E-state index contributed by atoms with van der Waals surface area (Å²) in [5.74, 6) is -0.411. The minimum absolute atomic E-state index is 0.102. The molecule has 0 aliphatic heterocycles. The fourth-order valence-electron chi connectivity index (χ4n) is 1.49. The molecule has 0 rings (SSSR count). The number of aliphatic hydroxyl groups is 1. The second kappa shape index (κ2) is 8.01. The average molecular weight is 335 g/mol. The summed E-state index contributed by atoms with van der Waals surface area (Å²) in [5.41, 5.74) is 0. The van der Waals surface area contributed by atoms with Crippen LogP contribution in [-0.2, 0) is 13.6 Å². The molecule has 0 radical (unpaired) electrons. The van der Waals surface area contributed by atoms with Gasteiger partial charge in [-0.25, -0.2) is 0 Å². The molecule has 126 valence electrons. The number of aliphatic hydroxyl groups excluding tert-OH is 1. The van der Waals surface area contributed by atoms with E-state index in [4.69, 9.17) is 8.85 Å². The van der Waals surface area contributed by atoms with Gasteiger partial charge < -0.3 is 18.8 Å². The molecular weight excluding hydrogens is 300 g/mol. The molecule has 0 heterocycles. The molecule has 1 N–H and O–H groups in total. The van der Waals surface area contributed by atoms with E-state index < -0.39 is 28.7 Å². The van der Waals surface area contributed by atoms with Crippen molar-refractivity contribution in [3.8, 4) is 0 Å². The second-order valence-corrected chi connectivity index (χ2v) is 17.5. The van der Waals surface area contributed by atoms with E-state index in [2.05, 4.69) is 53.5 Å². The third kappa shape index (κ3) is 8.25. The van der Waals surface area contributed by atoms with E-state index in [-0.39, 0.29) is 11.6 Å². The van der Waals surface area contributed by atoms with Crippen molar-refractivity contribution < 1.29 is 18.8 Å². The van der Waals surface area contributed by atoms with Crippen LogP contribution < -0.4 is 0 Å². The summed E-state index contributed by atoms with van der Waals surface area (Å²) in [5, 5.41) is 10.3. The van der Waals surface area contributed by atoms with Crippen LogP contribution in [0.1, 0.15) is 27.2 Å². The molecule has 0 spiro atoms. The van der Waals surface area contributed by atoms with E-state index in [1.807, 2.05) is 0 Å². The maximum Gasteiger partial charge on any atom is 0.192 e. The highest BCUT2D eigenvalue weighted by Crippen LogP contribution is 2.36. The molecule has 2 atom stereocenters. The number of hydrogen-bond acceptors (Lipinski definition) is 4. The molecule has 4 nitrogen and oxygen atoms in total. The van der Waals surface area contributed by atoms with Gasteiger partial charge in [-0.2, -0.15) is 0 Å². The predicted molar refractivity (Wildman–Crippen MR) is 92.6 cm³/mol. The molecule has 0 unspecified atom stereocenters. The Morgan fingerprint density at radius 2 is 1.62 bits per heavy atom. The number of hydrogen-bond donors (Lipinski definition) is 1. The van der Waals surface area contributed by atoms with Crippen LogP contribution in [0.15, 0.2) is 0 Å². The van der Waals surface area contributed by atoms with Crippen molar-refractivity contribution in [3.05, 3.63) is 0 Å². The van der Waals surface area contributed by atoms with E-state index in [0.717, 1.165) is 6.29 Å². The molecule has 0 saturated heterocycles. The summed E-state index contributed by atoms with van der Waals surface area (Å²) in [6, 6.07) is 0. The standard InChI is InChI=1S/C15H34O4Si2/c1-15(2,3)21(7,8)19-12-14(17)13(11-16)9-10-18-20(4,5)6/h11,13-14,17H,9-10,12H2,1-8H3/t13-,14-/m1/s1. The van der Waals surface area contributed by atoms with Gasteiger partial charge in [0.1, 0.15) is 6.29 Å². The lowest BCUT2D eigenvalue weighted by Crippen LogP contribution is -2.44. The molecule has 0 aromatic rings. The summed E-state index contributed by atoms with van der Waals surface area (Å²) in [7, 11) is -3.45. The molecule has 0 aliphatic rings. The number of carbonyl (C=O) groups is 1. The normalized spacial score (nSPS) is 16.6. The predicted octanol–water partition coefficient (Wildman–Crippen LogP) is 3.43. The van der Waals surface area contributed by atoms with Gasteiger partial charge in [-0.05, 0) is 44.2 Å². The van der Waals surface area contributed by atoms with Gasteiger partial charge in [-0.3, -0.25) is 0 Å². The first-order valence-corrected chi connectivity index (χ1v) is 14.0. The molecule has 0 aliphatic carbocycles. The van der Waals surface area contributed by atoms with Crippen LogP contribution in [0.3, 0.4) is 0 Å². The van der Waals surface area contributed by atoms with Crippen molar-refractivity contribution in [1.82, 2.24) is 0 Å². The Kier molecular flexibility index (Phi) is 8.00. The number of aldehydes is 1. The molecule has 0 amide bonds. The fraction of sp³-hybridized carbons (Fsp3) is 0.933. The van der Waals surface area contributed by atoms with E-state index in [1.54, 1.807) is 0 Å². The molecule has 0 aromatic carbocycles. The SMILES string of the molecule is CC(C)(C)[Si](C)(C)OC[C@@H](O)[C@@H](C=O)CCO[Si](C)(C)C. The van der Waals surface area contributed by atoms with Gasteiger partial charge in [0.25, 0.3) is 0 Å². The fourth-order valence-corrected chi connectivity index (χ4v) is 3.24. The molecule has 0 saturated carbocycles. The van der Waals surface area contributed by atoms with Gasteiger partial charge in [-0.1, -0.05) is 20.8 Å². The zero-order valence-electron chi connectivity index (χ0n) is 15.0. The van der Waals surface area contributed by atoms with Crippen LogP contribution in [0.2, 0.25) is 37.8 Å². The minimum atomic E-state index is -1.89. The molecule has 21 heavy (non-hydrogen) atoms. The van der Waals surface area contributed by atoms with Gasteiger partial charge in [-0.15, -0.1) is 0 Å². The minimum Gasteiger partial charge on any atom is -0.418 e. The molecule has 0 bridgehead atoms. The Labute approximate surface area is 132 Å². The van der Waals surface area contributed by atoms with Crippen LogP contribution in [-0.4, -0.2) is 47.3 Å². The third-order valence-electron chi connectivity index (χ3n) is 4.08. The van der Waals surface area contributed by atoms with Crippen LogP contribution >= 0.6 is 0 Å². The van der Waals surface area contributed by atoms with Crippen molar-refractivity contribution in [3.63, 3.8) is 0 Å². The smallest absolute Gasteiger partial charge is 0.192 e. The monoisotopic (exact) mass is 334 g/mol. The number of rotatable bonds is 9. The second-order valence-electron chi connectivity index (χ2n) is 8.19. The van der Waals surface area contributed by atoms with Gasteiger partial charge >= 0.3 is 0 Å². The highest BCUT2D eigenvalue weighted by atomic mass is 28.4. The number of carbonyl (C=O) groups excluding carboxylic acids is 1. The van der Waals surface area contributed by atoms with Crippen molar-refractivity contribution in [2.45, 2.75) is 71.1 Å². The van der Waals surface area contributed by atoms with Gasteiger partial charge in [0.15, 0.2) is 16.6 Å². The van der Waals surface area contributed by atoms with Crippen molar-refractivity contribution in [1.29, 1.82) is 0 Å². The Balaban J connectivity index is 4.35. The maximum absolute atomic E-state index is 11.2. The Morgan fingerprint density at radius 1 is 1.10 bits per heavy atom. The quantitative estimate of drug-likeness (QED) is 0.518. The summed E-state index contributed by atoms with van der Waals surface area (Å²) >= 11 is 0. The van der Waals surface area contributed by atoms with E-state index in [1.165, 1.54) is 0 Å². The van der Waals surface area contributed by atoms with Crippen LogP contribution in [0.4, 0.5) is 0 Å². The van der Waals surface area contributed by atoms with Crippen LogP contribution in [0, 0.1) is 5.92 Å². The van der Waals surface area contributed by atoms with Crippen molar-refractivity contribution >= 4 is 22.9 Å². The lowest BCUT2D eigenvalue weighted by molar-refractivity contribution is -0.115. The zero-order chi connectivity index (χ0) is 16.9. The first kappa shape index (κ1) is 21.0. The summed E-state index contributed by atoms with van der Waals surface area (Å²) < 4.78 is 11.7. The zero-order valence-corrected chi connectivity index (χ0v) is 17.0. The first-order valence-electron chi connectivity index (χ1n) is 7.71. The topological polar surface area (TPSA) is 55.8 Å². The lowest BCUT2D eigenvalue weighted by Gasteiger charge is -2.37. The Bertz CT molecular complexity index is 319. The Morgan fingerprint density at radius 3 is 2.00 bits per heavy atom. The highest BCUT2D eigenvalue weighted by Gasteiger charge is 2.38. The van der Waals surface area contributed by atoms with E-state index in [9.17, 15) is 9.90 Å². The van der Waals surface area contributed by atoms with Gasteiger partial charge in [0.05, 0.1) is 12.7 Å². The van der Waals surface area contributed by atoms with Gasteiger partial charge in [0, 0.05) is 12.5 Å². The van der Waals surface area contributed by atoms with Crippen LogP contribution in [0.25, 0.3) is 0 Å². The van der Waals surface area contributed by atoms with Gasteiger partial charge in [0.2, 0.25) is 0 Å². The van der Waals surface area contributed by atoms with Crippen molar-refractivity contribution in [2.24, 2.45) is 5.92 Å². The highest BCUT2D eigenvalue weighted by molar-refractivity contribution is 6.74. The maximum atomic E-state index is 11.2. The largest absolute Gasteiger partial charge is 0.418 e. The van der Waals surface area contributed by atoms with Crippen LogP contribution in [0.5, 0.6) is 0 Å². The summed E-state index contributed by atoms with van der Waals surface area (Å²) in [4.78, 5) is 11.2. The van der Waals surface area contributed by atoms with E-state index in [0.29, 0.717) is 13.0 Å². The van der Waals surface area contributed by atoms with E-state index >= 15 is 0 Å². The average Bonchev–Trinajstić information content (AvgIpc) is 2.29.